The van der Waals surface area contributed by atoms with Crippen molar-refractivity contribution in [2.24, 2.45) is 0 Å². The number of hydrogen-bond acceptors (Lipinski definition) is 9. The number of likely N-dealkylation sites (tertiary alicyclic amines) is 1. The second kappa shape index (κ2) is 13.2. The van der Waals surface area contributed by atoms with Crippen molar-refractivity contribution in [3.63, 3.8) is 0 Å². The van der Waals surface area contributed by atoms with E-state index in [4.69, 9.17) is 4.52 Å². The van der Waals surface area contributed by atoms with Crippen LogP contribution >= 0.6 is 0 Å². The van der Waals surface area contributed by atoms with Crippen LogP contribution in [0.3, 0.4) is 0 Å². The third-order valence-corrected chi connectivity index (χ3v) is 9.56. The summed E-state index contributed by atoms with van der Waals surface area (Å²) in [5, 5.41) is 39.1. The molecule has 0 spiro atoms. The van der Waals surface area contributed by atoms with E-state index in [1.54, 1.807) is 9.58 Å². The molecule has 3 aromatic carbocycles. The zero-order chi connectivity index (χ0) is 35.1. The number of hydrogen-bond donors (Lipinski definition) is 2. The van der Waals surface area contributed by atoms with Crippen LogP contribution in [-0.2, 0) is 19.5 Å². The number of amides is 1. The first-order valence-corrected chi connectivity index (χ1v) is 16.7. The lowest BCUT2D eigenvalue weighted by atomic mass is 9.93. The molecule has 0 saturated carbocycles. The lowest BCUT2D eigenvalue weighted by molar-refractivity contribution is -0.384. The molecule has 7 aromatic rings. The quantitative estimate of drug-likeness (QED) is 0.155. The Kier molecular flexibility index (Phi) is 8.23. The number of carbonyl (C=O) groups is 1. The van der Waals surface area contributed by atoms with Crippen molar-refractivity contribution in [3.8, 4) is 5.69 Å². The van der Waals surface area contributed by atoms with Crippen LogP contribution in [0.4, 0.5) is 5.69 Å². The number of aromatic nitrogens is 7. The number of non-ortho nitro benzene ring substituents is 1. The predicted molar refractivity (Wildman–Crippen MR) is 186 cm³/mol. The zero-order valence-corrected chi connectivity index (χ0v) is 27.4. The van der Waals surface area contributed by atoms with Gasteiger partial charge in [-0.15, -0.1) is 5.10 Å². The van der Waals surface area contributed by atoms with Gasteiger partial charge < -0.3 is 19.1 Å². The number of aliphatic hydroxyl groups is 1. The summed E-state index contributed by atoms with van der Waals surface area (Å²) >= 11 is 0. The molecule has 15 nitrogen and oxygen atoms in total. The van der Waals surface area contributed by atoms with Gasteiger partial charge in [0, 0.05) is 72.0 Å². The Labute approximate surface area is 289 Å². The average Bonchev–Trinajstić information content (AvgIpc) is 3.95. The van der Waals surface area contributed by atoms with Gasteiger partial charge in [0.15, 0.2) is 5.76 Å². The highest BCUT2D eigenvalue weighted by Gasteiger charge is 2.30. The van der Waals surface area contributed by atoms with Crippen molar-refractivity contribution in [2.75, 3.05) is 19.7 Å². The molecular formula is C36H33N9O6. The van der Waals surface area contributed by atoms with E-state index in [0.717, 1.165) is 22.4 Å². The van der Waals surface area contributed by atoms with Crippen molar-refractivity contribution in [1.82, 2.24) is 39.4 Å². The van der Waals surface area contributed by atoms with Crippen LogP contribution in [0.25, 0.3) is 27.5 Å². The summed E-state index contributed by atoms with van der Waals surface area (Å²) in [6, 6.07) is 24.0. The number of nitro benzene ring substituents is 1. The van der Waals surface area contributed by atoms with Crippen molar-refractivity contribution in [3.05, 3.63) is 134 Å². The van der Waals surface area contributed by atoms with E-state index in [1.165, 1.54) is 39.7 Å². The number of aromatic amines is 1. The number of carbonyl (C=O) groups excluding carboxylic acids is 1. The predicted octanol–water partition coefficient (Wildman–Crippen LogP) is 4.41. The van der Waals surface area contributed by atoms with Gasteiger partial charge in [0.25, 0.3) is 17.2 Å². The maximum atomic E-state index is 13.6. The van der Waals surface area contributed by atoms with E-state index in [1.807, 2.05) is 24.4 Å². The summed E-state index contributed by atoms with van der Waals surface area (Å²) in [4.78, 5) is 39.1. The second-order valence-electron chi connectivity index (χ2n) is 12.7. The molecule has 0 unspecified atom stereocenters. The number of para-hydroxylation sites is 2. The molecule has 258 valence electrons. The Morgan fingerprint density at radius 3 is 2.33 bits per heavy atom. The van der Waals surface area contributed by atoms with Crippen LogP contribution < -0.4 is 5.56 Å². The minimum absolute atomic E-state index is 0.0119. The molecule has 1 saturated heterocycles. The van der Waals surface area contributed by atoms with Crippen LogP contribution in [0.5, 0.6) is 0 Å². The second-order valence-corrected chi connectivity index (χ2v) is 12.7. The number of benzene rings is 3. The van der Waals surface area contributed by atoms with E-state index in [9.17, 15) is 24.8 Å². The molecule has 8 rings (SSSR count). The topological polar surface area (TPSA) is 183 Å². The maximum Gasteiger partial charge on any atom is 0.275 e. The summed E-state index contributed by atoms with van der Waals surface area (Å²) in [6.45, 7) is 1.50. The molecule has 5 heterocycles. The Morgan fingerprint density at radius 2 is 1.67 bits per heavy atom. The highest BCUT2D eigenvalue weighted by Crippen LogP contribution is 2.30. The SMILES string of the molecule is O=C(c1[nH]n(-c2ccc([N+](=O)[O-])cc2)c(=O)c1CCO)N1CCC(c2cc(Cn3cc(Cn4c5ccccc5c5ccccc54)nn3)on2)CC1. The van der Waals surface area contributed by atoms with Gasteiger partial charge >= 0.3 is 0 Å². The summed E-state index contributed by atoms with van der Waals surface area (Å²) in [6.07, 6.45) is 3.20. The molecule has 1 fully saturated rings. The first kappa shape index (κ1) is 31.9. The minimum Gasteiger partial charge on any atom is -0.396 e. The number of fused-ring (bicyclic) bond motifs is 3. The monoisotopic (exact) mass is 687 g/mol. The Bertz CT molecular complexity index is 2390. The molecule has 0 radical (unpaired) electrons. The van der Waals surface area contributed by atoms with Crippen LogP contribution in [-0.4, -0.2) is 75.0 Å². The van der Waals surface area contributed by atoms with Crippen molar-refractivity contribution in [2.45, 2.75) is 38.3 Å². The number of nitrogens with zero attached hydrogens (tertiary/aromatic N) is 8. The number of nitro groups is 1. The lowest BCUT2D eigenvalue weighted by Crippen LogP contribution is -2.38. The zero-order valence-electron chi connectivity index (χ0n) is 27.4. The van der Waals surface area contributed by atoms with E-state index in [-0.39, 0.29) is 41.8 Å². The van der Waals surface area contributed by atoms with Crippen LogP contribution in [0.2, 0.25) is 0 Å². The Balaban J connectivity index is 0.919. The first-order chi connectivity index (χ1) is 24.9. The molecule has 0 aliphatic carbocycles. The normalized spacial score (nSPS) is 13.8. The largest absolute Gasteiger partial charge is 0.396 e. The summed E-state index contributed by atoms with van der Waals surface area (Å²) in [7, 11) is 0. The fourth-order valence-electron chi connectivity index (χ4n) is 7.01. The first-order valence-electron chi connectivity index (χ1n) is 16.7. The van der Waals surface area contributed by atoms with Gasteiger partial charge in [-0.05, 0) is 37.1 Å². The minimum atomic E-state index is -0.530. The van der Waals surface area contributed by atoms with E-state index < -0.39 is 10.5 Å². The van der Waals surface area contributed by atoms with E-state index in [0.29, 0.717) is 50.5 Å². The van der Waals surface area contributed by atoms with Crippen LogP contribution in [0.15, 0.2) is 94.4 Å². The fraction of sp³-hybridized carbons (Fsp3) is 0.250. The molecule has 15 heteroatoms. The highest BCUT2D eigenvalue weighted by molar-refractivity contribution is 6.08. The maximum absolute atomic E-state index is 13.6. The van der Waals surface area contributed by atoms with Gasteiger partial charge in [0.05, 0.1) is 34.6 Å². The molecular weight excluding hydrogens is 654 g/mol. The number of rotatable bonds is 10. The van der Waals surface area contributed by atoms with Crippen molar-refractivity contribution >= 4 is 33.4 Å². The van der Waals surface area contributed by atoms with Crippen LogP contribution in [0, 0.1) is 10.1 Å². The number of nitrogens with one attached hydrogen (secondary N) is 1. The van der Waals surface area contributed by atoms with Crippen LogP contribution in [0.1, 0.15) is 52.0 Å². The number of piperidine rings is 1. The van der Waals surface area contributed by atoms with Crippen molar-refractivity contribution < 1.29 is 19.3 Å². The molecule has 1 aliphatic rings. The highest BCUT2D eigenvalue weighted by atomic mass is 16.6. The van der Waals surface area contributed by atoms with Gasteiger partial charge in [-0.1, -0.05) is 46.8 Å². The van der Waals surface area contributed by atoms with Gasteiger partial charge in [-0.3, -0.25) is 24.8 Å². The summed E-state index contributed by atoms with van der Waals surface area (Å²) in [5.41, 5.74) is 3.90. The number of H-pyrrole nitrogens is 1. The van der Waals surface area contributed by atoms with E-state index in [2.05, 4.69) is 61.5 Å². The van der Waals surface area contributed by atoms with E-state index >= 15 is 0 Å². The lowest BCUT2D eigenvalue weighted by Gasteiger charge is -2.31. The Hall–Kier alpha value is -6.35. The Morgan fingerprint density at radius 1 is 0.980 bits per heavy atom. The molecule has 4 aromatic heterocycles. The van der Waals surface area contributed by atoms with Crippen molar-refractivity contribution in [1.29, 1.82) is 0 Å². The van der Waals surface area contributed by atoms with Gasteiger partial charge in [0.2, 0.25) is 0 Å². The third kappa shape index (κ3) is 5.97. The smallest absolute Gasteiger partial charge is 0.275 e. The third-order valence-electron chi connectivity index (χ3n) is 9.56. The molecule has 1 aliphatic heterocycles. The fourth-order valence-corrected chi connectivity index (χ4v) is 7.01. The molecule has 2 N–H and O–H groups in total. The number of aliphatic hydroxyl groups excluding tert-OH is 1. The molecule has 0 bridgehead atoms. The van der Waals surface area contributed by atoms with Gasteiger partial charge in [-0.2, -0.15) is 0 Å². The van der Waals surface area contributed by atoms with Gasteiger partial charge in [0.1, 0.15) is 17.9 Å². The molecule has 51 heavy (non-hydrogen) atoms. The summed E-state index contributed by atoms with van der Waals surface area (Å²) in [5.74, 6) is 0.378. The molecule has 1 amide bonds. The summed E-state index contributed by atoms with van der Waals surface area (Å²) < 4.78 is 10.9. The van der Waals surface area contributed by atoms with Gasteiger partial charge in [-0.25, -0.2) is 9.36 Å². The standard InChI is InChI=1S/C36H33N9O6/c46-18-15-30-34(38-44(35(30)47)25-9-11-26(12-10-25)45(49)50)36(48)41-16-13-23(14-17-41)31-19-27(51-39-31)22-42-20-24(37-40-42)21-43-32-7-3-1-5-28(32)29-6-2-4-8-33(29)43/h1-12,19-20,23,38,46H,13-18,21-22H2. The molecule has 0 atom stereocenters. The average molecular weight is 688 g/mol.